The van der Waals surface area contributed by atoms with Gasteiger partial charge in [-0.15, -0.1) is 0 Å². The number of rotatable bonds is 12. The molecule has 2 fully saturated rings. The molecule has 0 saturated carbocycles. The first-order chi connectivity index (χ1) is 20.9. The van der Waals surface area contributed by atoms with Gasteiger partial charge in [0.15, 0.2) is 6.29 Å². The average Bonchev–Trinajstić information content (AvgIpc) is 2.98. The Morgan fingerprint density at radius 1 is 1.07 bits per heavy atom. The molecule has 0 radical (unpaired) electrons. The van der Waals surface area contributed by atoms with Crippen LogP contribution in [0.2, 0.25) is 0 Å². The molecule has 3 unspecified atom stereocenters. The number of carbonyl (C=O) groups excluding carboxylic acids is 6. The molecule has 0 aromatic carbocycles. The summed E-state index contributed by atoms with van der Waals surface area (Å²) in [4.78, 5) is 97.1. The number of ether oxygens (including phenoxy) is 3. The number of hydrogen-bond acceptors (Lipinski definition) is 12. The molecule has 0 bridgehead atoms. The highest BCUT2D eigenvalue weighted by molar-refractivity contribution is 5.97. The SMILES string of the molecule is COC(C=O)[C@H]1C(=O)N(CC(=O)O)CCN1C(=O)C(CC(=O)N1CCN(c2ccncc2)CC1)NC(=O)OC(C)OC(C)=O. The second-order valence-corrected chi connectivity index (χ2v) is 10.0. The summed E-state index contributed by atoms with van der Waals surface area (Å²) in [6.07, 6.45) is -0.863. The number of piperazine rings is 2. The Bertz CT molecular complexity index is 1220. The summed E-state index contributed by atoms with van der Waals surface area (Å²) < 4.78 is 14.9. The van der Waals surface area contributed by atoms with Crippen LogP contribution in [-0.4, -0.2) is 144 Å². The predicted molar refractivity (Wildman–Crippen MR) is 149 cm³/mol. The number of anilines is 1. The molecule has 4 amide bonds. The van der Waals surface area contributed by atoms with Crippen LogP contribution in [0.1, 0.15) is 20.3 Å². The molecule has 3 heterocycles. The van der Waals surface area contributed by atoms with Crippen molar-refractivity contribution in [2.24, 2.45) is 0 Å². The maximum atomic E-state index is 13.9. The van der Waals surface area contributed by atoms with Gasteiger partial charge in [0.05, 0.1) is 6.42 Å². The number of carboxylic acids is 1. The quantitative estimate of drug-likeness (QED) is 0.155. The van der Waals surface area contributed by atoms with Crippen molar-refractivity contribution < 1.29 is 52.9 Å². The van der Waals surface area contributed by atoms with E-state index in [1.54, 1.807) is 12.4 Å². The van der Waals surface area contributed by atoms with E-state index in [2.05, 4.69) is 15.2 Å². The van der Waals surface area contributed by atoms with Crippen molar-refractivity contribution >= 4 is 47.7 Å². The molecule has 2 aliphatic heterocycles. The molecular weight excluding hydrogens is 584 g/mol. The summed E-state index contributed by atoms with van der Waals surface area (Å²) in [5, 5.41) is 11.5. The third kappa shape index (κ3) is 8.85. The fourth-order valence-corrected chi connectivity index (χ4v) is 5.00. The van der Waals surface area contributed by atoms with E-state index >= 15 is 0 Å². The fourth-order valence-electron chi connectivity index (χ4n) is 5.00. The molecule has 4 atom stereocenters. The summed E-state index contributed by atoms with van der Waals surface area (Å²) in [6.45, 7) is 2.95. The minimum atomic E-state index is -1.57. The monoisotopic (exact) mass is 620 g/mol. The standard InChI is InChI=1S/C27H36N6O11/c1-17(35)43-18(2)44-27(41)29-20(14-22(36)31-10-8-30(9-11-31)19-4-6-28-7-5-19)25(39)33-13-12-32(15-23(37)38)26(40)24(33)21(16-34)42-3/h4-7,16,18,20-21,24H,8-15H2,1-3H3,(H,29,41)(H,37,38)/t18?,20?,21?,24-/m0/s1. The van der Waals surface area contributed by atoms with Gasteiger partial charge >= 0.3 is 18.0 Å². The number of pyridine rings is 1. The van der Waals surface area contributed by atoms with Crippen LogP contribution in [0.15, 0.2) is 24.5 Å². The number of aldehydes is 1. The highest BCUT2D eigenvalue weighted by atomic mass is 16.7. The molecule has 2 N–H and O–H groups in total. The van der Waals surface area contributed by atoms with Gasteiger partial charge in [0.25, 0.3) is 0 Å². The topological polar surface area (TPSA) is 205 Å². The first kappa shape index (κ1) is 33.7. The van der Waals surface area contributed by atoms with Gasteiger partial charge in [0, 0.05) is 78.3 Å². The van der Waals surface area contributed by atoms with Crippen LogP contribution in [0, 0.1) is 0 Å². The summed E-state index contributed by atoms with van der Waals surface area (Å²) in [7, 11) is 1.14. The van der Waals surface area contributed by atoms with Gasteiger partial charge in [-0.3, -0.25) is 29.0 Å². The summed E-state index contributed by atoms with van der Waals surface area (Å²) in [6, 6.07) is 0.568. The van der Waals surface area contributed by atoms with Crippen molar-refractivity contribution in [3.05, 3.63) is 24.5 Å². The van der Waals surface area contributed by atoms with Crippen LogP contribution in [0.25, 0.3) is 0 Å². The molecule has 1 aromatic heterocycles. The number of amides is 4. The molecule has 0 spiro atoms. The van der Waals surface area contributed by atoms with Gasteiger partial charge < -0.3 is 49.0 Å². The number of hydrogen-bond donors (Lipinski definition) is 2. The van der Waals surface area contributed by atoms with E-state index in [1.807, 2.05) is 12.1 Å². The molecule has 2 saturated heterocycles. The fraction of sp³-hybridized carbons (Fsp3) is 0.556. The van der Waals surface area contributed by atoms with Crippen LogP contribution < -0.4 is 10.2 Å². The molecular formula is C27H36N6O11. The van der Waals surface area contributed by atoms with Gasteiger partial charge in [0.2, 0.25) is 24.0 Å². The molecule has 0 aliphatic carbocycles. The summed E-state index contributed by atoms with van der Waals surface area (Å²) in [5.41, 5.74) is 0.937. The highest BCUT2D eigenvalue weighted by Crippen LogP contribution is 2.20. The number of carboxylic acid groups (broad SMARTS) is 1. The first-order valence-electron chi connectivity index (χ1n) is 13.8. The number of esters is 1. The number of nitrogens with zero attached hydrogens (tertiary/aromatic N) is 5. The number of aliphatic carboxylic acids is 1. The number of carbonyl (C=O) groups is 7. The number of methoxy groups -OCH3 is 1. The molecule has 17 nitrogen and oxygen atoms in total. The van der Waals surface area contributed by atoms with E-state index in [1.165, 1.54) is 11.8 Å². The van der Waals surface area contributed by atoms with Gasteiger partial charge in [-0.05, 0) is 12.1 Å². The zero-order valence-electron chi connectivity index (χ0n) is 24.6. The predicted octanol–water partition coefficient (Wildman–Crippen LogP) is -1.54. The molecule has 240 valence electrons. The summed E-state index contributed by atoms with van der Waals surface area (Å²) >= 11 is 0. The minimum absolute atomic E-state index is 0.186. The number of aromatic nitrogens is 1. The van der Waals surface area contributed by atoms with Crippen molar-refractivity contribution in [3.8, 4) is 0 Å². The Morgan fingerprint density at radius 3 is 2.30 bits per heavy atom. The number of alkyl carbamates (subject to hydrolysis) is 1. The minimum Gasteiger partial charge on any atom is -0.480 e. The molecule has 44 heavy (non-hydrogen) atoms. The normalized spacial score (nSPS) is 19.0. The maximum Gasteiger partial charge on any atom is 0.410 e. The van der Waals surface area contributed by atoms with Crippen LogP contribution in [-0.2, 0) is 43.0 Å². The summed E-state index contributed by atoms with van der Waals surface area (Å²) in [5.74, 6) is -4.25. The molecule has 1 aromatic rings. The lowest BCUT2D eigenvalue weighted by Gasteiger charge is -2.43. The van der Waals surface area contributed by atoms with E-state index in [0.29, 0.717) is 32.5 Å². The van der Waals surface area contributed by atoms with E-state index in [9.17, 15) is 38.7 Å². The Balaban J connectivity index is 1.81. The van der Waals surface area contributed by atoms with Gasteiger partial charge in [-0.1, -0.05) is 0 Å². The molecule has 2 aliphatic rings. The lowest BCUT2D eigenvalue weighted by Crippen LogP contribution is -2.66. The third-order valence-corrected chi connectivity index (χ3v) is 7.07. The van der Waals surface area contributed by atoms with Crippen LogP contribution in [0.4, 0.5) is 10.5 Å². The van der Waals surface area contributed by atoms with Gasteiger partial charge in [-0.2, -0.15) is 0 Å². The Kier molecular flexibility index (Phi) is 12.0. The van der Waals surface area contributed by atoms with Crippen molar-refractivity contribution in [1.82, 2.24) is 25.0 Å². The molecule has 3 rings (SSSR count). The zero-order chi connectivity index (χ0) is 32.4. The second kappa shape index (κ2) is 15.6. The van der Waals surface area contributed by atoms with Crippen LogP contribution in [0.5, 0.6) is 0 Å². The molecule has 17 heteroatoms. The van der Waals surface area contributed by atoms with E-state index < -0.39 is 73.2 Å². The van der Waals surface area contributed by atoms with Crippen molar-refractivity contribution in [1.29, 1.82) is 0 Å². The largest absolute Gasteiger partial charge is 0.480 e. The first-order valence-corrected chi connectivity index (χ1v) is 13.8. The Hall–Kier alpha value is -4.80. The maximum absolute atomic E-state index is 13.9. The van der Waals surface area contributed by atoms with Crippen LogP contribution in [0.3, 0.4) is 0 Å². The van der Waals surface area contributed by atoms with Gasteiger partial charge in [0.1, 0.15) is 24.7 Å². The Labute approximate surface area is 253 Å². The van der Waals surface area contributed by atoms with Crippen molar-refractivity contribution in [3.63, 3.8) is 0 Å². The van der Waals surface area contributed by atoms with E-state index in [-0.39, 0.29) is 13.1 Å². The lowest BCUT2D eigenvalue weighted by molar-refractivity contribution is -0.164. The van der Waals surface area contributed by atoms with Crippen molar-refractivity contribution in [2.75, 3.05) is 57.8 Å². The zero-order valence-corrected chi connectivity index (χ0v) is 24.6. The Morgan fingerprint density at radius 2 is 1.73 bits per heavy atom. The van der Waals surface area contributed by atoms with E-state index in [0.717, 1.165) is 29.5 Å². The number of nitrogens with one attached hydrogen (secondary N) is 1. The lowest BCUT2D eigenvalue weighted by atomic mass is 10.0. The van der Waals surface area contributed by atoms with Gasteiger partial charge in [-0.25, -0.2) is 4.79 Å². The van der Waals surface area contributed by atoms with Crippen molar-refractivity contribution in [2.45, 2.75) is 44.7 Å². The third-order valence-electron chi connectivity index (χ3n) is 7.07. The average molecular weight is 621 g/mol. The second-order valence-electron chi connectivity index (χ2n) is 10.0. The van der Waals surface area contributed by atoms with E-state index in [4.69, 9.17) is 14.2 Å². The highest BCUT2D eigenvalue weighted by Gasteiger charge is 2.45. The smallest absolute Gasteiger partial charge is 0.410 e. The van der Waals surface area contributed by atoms with Crippen LogP contribution >= 0.6 is 0 Å².